The lowest BCUT2D eigenvalue weighted by Gasteiger charge is -2.13. The van der Waals surface area contributed by atoms with Gasteiger partial charge < -0.3 is 10.1 Å². The Bertz CT molecular complexity index is 634. The second-order valence-electron chi connectivity index (χ2n) is 5.70. The van der Waals surface area contributed by atoms with Crippen LogP contribution in [0.4, 0.5) is 0 Å². The molecule has 0 fully saturated rings. The lowest BCUT2D eigenvalue weighted by molar-refractivity contribution is -0.147. The first kappa shape index (κ1) is 17.7. The molecule has 0 unspecified atom stereocenters. The van der Waals surface area contributed by atoms with Crippen molar-refractivity contribution in [2.75, 3.05) is 13.1 Å². The molecule has 3 amide bonds. The molecule has 7 nitrogen and oxygen atoms in total. The molecular weight excluding hydrogens is 312 g/mol. The number of esters is 1. The minimum Gasteiger partial charge on any atom is -0.463 e. The molecule has 1 N–H and O–H groups in total. The van der Waals surface area contributed by atoms with Gasteiger partial charge in [0.15, 0.2) is 0 Å². The summed E-state index contributed by atoms with van der Waals surface area (Å²) in [5.74, 6) is -1.48. The van der Waals surface area contributed by atoms with Crippen molar-refractivity contribution >= 4 is 23.7 Å². The Morgan fingerprint density at radius 2 is 1.67 bits per heavy atom. The summed E-state index contributed by atoms with van der Waals surface area (Å²) in [5.41, 5.74) is 0.721. The van der Waals surface area contributed by atoms with Crippen LogP contribution in [0.5, 0.6) is 0 Å². The summed E-state index contributed by atoms with van der Waals surface area (Å²) < 4.78 is 4.95. The van der Waals surface area contributed by atoms with E-state index in [0.717, 1.165) is 4.90 Å². The molecular formula is C17H20N2O5. The summed E-state index contributed by atoms with van der Waals surface area (Å²) in [6.07, 6.45) is -0.122. The maximum atomic E-state index is 12.1. The second kappa shape index (κ2) is 7.72. The average molecular weight is 332 g/mol. The Balaban J connectivity index is 1.76. The maximum absolute atomic E-state index is 12.1. The predicted molar refractivity (Wildman–Crippen MR) is 85.3 cm³/mol. The zero-order chi connectivity index (χ0) is 17.7. The summed E-state index contributed by atoms with van der Waals surface area (Å²) in [7, 11) is 0. The molecule has 24 heavy (non-hydrogen) atoms. The van der Waals surface area contributed by atoms with Crippen LogP contribution in [0.3, 0.4) is 0 Å². The van der Waals surface area contributed by atoms with E-state index in [-0.39, 0.29) is 55.7 Å². The van der Waals surface area contributed by atoms with Crippen molar-refractivity contribution in [3.05, 3.63) is 35.4 Å². The van der Waals surface area contributed by atoms with Crippen LogP contribution in [-0.2, 0) is 14.3 Å². The number of imide groups is 1. The van der Waals surface area contributed by atoms with Crippen LogP contribution < -0.4 is 5.32 Å². The molecule has 0 bridgehead atoms. The Morgan fingerprint density at radius 3 is 2.21 bits per heavy atom. The molecule has 0 saturated carbocycles. The van der Waals surface area contributed by atoms with Crippen LogP contribution in [0.15, 0.2) is 24.3 Å². The Hall–Kier alpha value is -2.70. The van der Waals surface area contributed by atoms with E-state index in [2.05, 4.69) is 5.32 Å². The fourth-order valence-electron chi connectivity index (χ4n) is 2.37. The van der Waals surface area contributed by atoms with Gasteiger partial charge in [-0.2, -0.15) is 0 Å². The van der Waals surface area contributed by atoms with E-state index in [0.29, 0.717) is 11.1 Å². The molecule has 1 aromatic rings. The second-order valence-corrected chi connectivity index (χ2v) is 5.70. The SMILES string of the molecule is CC(C)OC(=O)CCNC(=O)CCN1C(=O)c2ccccc2C1=O. The maximum Gasteiger partial charge on any atom is 0.307 e. The van der Waals surface area contributed by atoms with Gasteiger partial charge in [-0.05, 0) is 26.0 Å². The number of fused-ring (bicyclic) bond motifs is 1. The van der Waals surface area contributed by atoms with Crippen molar-refractivity contribution in [3.63, 3.8) is 0 Å². The monoisotopic (exact) mass is 332 g/mol. The summed E-state index contributed by atoms with van der Waals surface area (Å²) >= 11 is 0. The van der Waals surface area contributed by atoms with Crippen molar-refractivity contribution in [2.24, 2.45) is 0 Å². The van der Waals surface area contributed by atoms with Crippen molar-refractivity contribution in [1.82, 2.24) is 10.2 Å². The smallest absolute Gasteiger partial charge is 0.307 e. The minimum absolute atomic E-state index is 0.00855. The van der Waals surface area contributed by atoms with Gasteiger partial charge in [0.1, 0.15) is 0 Å². The molecule has 7 heteroatoms. The van der Waals surface area contributed by atoms with Crippen molar-refractivity contribution in [1.29, 1.82) is 0 Å². The molecule has 0 saturated heterocycles. The number of carbonyl (C=O) groups excluding carboxylic acids is 4. The number of nitrogens with zero attached hydrogens (tertiary/aromatic N) is 1. The fourth-order valence-corrected chi connectivity index (χ4v) is 2.37. The van der Waals surface area contributed by atoms with Crippen molar-refractivity contribution < 1.29 is 23.9 Å². The first-order valence-electron chi connectivity index (χ1n) is 7.81. The Morgan fingerprint density at radius 1 is 1.08 bits per heavy atom. The van der Waals surface area contributed by atoms with Crippen LogP contribution >= 0.6 is 0 Å². The quantitative estimate of drug-likeness (QED) is 0.597. The van der Waals surface area contributed by atoms with E-state index in [1.165, 1.54) is 0 Å². The standard InChI is InChI=1S/C17H20N2O5/c1-11(2)24-15(21)7-9-18-14(20)8-10-19-16(22)12-5-3-4-6-13(12)17(19)23/h3-6,11H,7-10H2,1-2H3,(H,18,20). The number of amides is 3. The lowest BCUT2D eigenvalue weighted by Crippen LogP contribution is -2.35. The molecule has 1 aliphatic heterocycles. The van der Waals surface area contributed by atoms with E-state index in [4.69, 9.17) is 4.74 Å². The zero-order valence-electron chi connectivity index (χ0n) is 13.7. The highest BCUT2D eigenvalue weighted by molar-refractivity contribution is 6.21. The third kappa shape index (κ3) is 4.18. The van der Waals surface area contributed by atoms with E-state index in [1.807, 2.05) is 0 Å². The first-order chi connectivity index (χ1) is 11.4. The highest BCUT2D eigenvalue weighted by Crippen LogP contribution is 2.22. The number of ether oxygens (including phenoxy) is 1. The van der Waals surface area contributed by atoms with Crippen molar-refractivity contribution in [3.8, 4) is 0 Å². The van der Waals surface area contributed by atoms with Crippen LogP contribution in [0.1, 0.15) is 47.4 Å². The van der Waals surface area contributed by atoms with Crippen LogP contribution in [0.2, 0.25) is 0 Å². The molecule has 0 spiro atoms. The molecule has 128 valence electrons. The molecule has 1 aliphatic rings. The van der Waals surface area contributed by atoms with Gasteiger partial charge in [0.25, 0.3) is 11.8 Å². The summed E-state index contributed by atoms with van der Waals surface area (Å²) in [6.45, 7) is 3.66. The molecule has 2 rings (SSSR count). The third-order valence-corrected chi connectivity index (χ3v) is 3.46. The van der Waals surface area contributed by atoms with Crippen LogP contribution in [0, 0.1) is 0 Å². The molecule has 0 atom stereocenters. The third-order valence-electron chi connectivity index (χ3n) is 3.46. The molecule has 1 heterocycles. The largest absolute Gasteiger partial charge is 0.463 e. The van der Waals surface area contributed by atoms with E-state index < -0.39 is 0 Å². The van der Waals surface area contributed by atoms with Crippen LogP contribution in [-0.4, -0.2) is 47.8 Å². The summed E-state index contributed by atoms with van der Waals surface area (Å²) in [5, 5.41) is 2.57. The van der Waals surface area contributed by atoms with Gasteiger partial charge in [-0.3, -0.25) is 24.1 Å². The number of hydrogen-bond acceptors (Lipinski definition) is 5. The van der Waals surface area contributed by atoms with Gasteiger partial charge in [-0.1, -0.05) is 12.1 Å². The summed E-state index contributed by atoms with van der Waals surface area (Å²) in [6, 6.07) is 6.57. The van der Waals surface area contributed by atoms with Crippen molar-refractivity contribution in [2.45, 2.75) is 32.8 Å². The molecule has 0 radical (unpaired) electrons. The average Bonchev–Trinajstić information content (AvgIpc) is 2.77. The lowest BCUT2D eigenvalue weighted by atomic mass is 10.1. The number of rotatable bonds is 7. The van der Waals surface area contributed by atoms with Gasteiger partial charge in [0.2, 0.25) is 5.91 Å². The summed E-state index contributed by atoms with van der Waals surface area (Å²) in [4.78, 5) is 48.5. The molecule has 0 aromatic heterocycles. The highest BCUT2D eigenvalue weighted by atomic mass is 16.5. The number of benzene rings is 1. The number of hydrogen-bond donors (Lipinski definition) is 1. The van der Waals surface area contributed by atoms with Crippen LogP contribution in [0.25, 0.3) is 0 Å². The van der Waals surface area contributed by atoms with E-state index in [1.54, 1.807) is 38.1 Å². The number of carbonyl (C=O) groups is 4. The zero-order valence-corrected chi connectivity index (χ0v) is 13.7. The Labute approximate surface area is 140 Å². The normalized spacial score (nSPS) is 13.2. The van der Waals surface area contributed by atoms with Gasteiger partial charge in [0, 0.05) is 19.5 Å². The van der Waals surface area contributed by atoms with E-state index in [9.17, 15) is 19.2 Å². The topological polar surface area (TPSA) is 92.8 Å². The fraction of sp³-hybridized carbons (Fsp3) is 0.412. The van der Waals surface area contributed by atoms with Gasteiger partial charge in [-0.25, -0.2) is 0 Å². The predicted octanol–water partition coefficient (Wildman–Crippen LogP) is 1.13. The highest BCUT2D eigenvalue weighted by Gasteiger charge is 2.34. The van der Waals surface area contributed by atoms with E-state index >= 15 is 0 Å². The molecule has 1 aromatic carbocycles. The van der Waals surface area contributed by atoms with Gasteiger partial charge >= 0.3 is 5.97 Å². The van der Waals surface area contributed by atoms with Gasteiger partial charge in [0.05, 0.1) is 23.7 Å². The molecule has 0 aliphatic carbocycles. The first-order valence-corrected chi connectivity index (χ1v) is 7.81. The number of nitrogens with one attached hydrogen (secondary N) is 1. The minimum atomic E-state index is -0.385. The Kier molecular flexibility index (Phi) is 5.68. The van der Waals surface area contributed by atoms with Gasteiger partial charge in [-0.15, -0.1) is 0 Å².